The van der Waals surface area contributed by atoms with Crippen LogP contribution < -0.4 is 11.5 Å². The summed E-state index contributed by atoms with van der Waals surface area (Å²) in [6.07, 6.45) is 8.44. The number of nitrogens with zero attached hydrogens (tertiary/aromatic N) is 3. The Morgan fingerprint density at radius 1 is 1.11 bits per heavy atom. The molecule has 2 saturated heterocycles. The number of primary amides is 1. The molecule has 0 aromatic heterocycles. The van der Waals surface area contributed by atoms with E-state index < -0.39 is 5.91 Å². The molecule has 2 heterocycles. The lowest BCUT2D eigenvalue weighted by Gasteiger charge is -2.48. The van der Waals surface area contributed by atoms with Gasteiger partial charge in [-0.25, -0.2) is 0 Å². The Bertz CT molecular complexity index is 622. The monoisotopic (exact) mass is 409 g/mol. The molecule has 28 heavy (non-hydrogen) atoms. The van der Waals surface area contributed by atoms with Crippen LogP contribution in [0.2, 0.25) is 0 Å². The van der Waals surface area contributed by atoms with Crippen LogP contribution >= 0.6 is 11.6 Å². The van der Waals surface area contributed by atoms with Crippen molar-refractivity contribution >= 4 is 17.5 Å². The first-order valence-electron chi connectivity index (χ1n) is 10.4. The van der Waals surface area contributed by atoms with Crippen LogP contribution in [0.4, 0.5) is 0 Å². The molecule has 2 aliphatic heterocycles. The predicted octanol–water partition coefficient (Wildman–Crippen LogP) is 2.22. The topological polar surface area (TPSA) is 78.8 Å². The smallest absolute Gasteiger partial charge is 0.243 e. The second-order valence-electron chi connectivity index (χ2n) is 7.62. The third-order valence-electron chi connectivity index (χ3n) is 5.92. The summed E-state index contributed by atoms with van der Waals surface area (Å²) in [5.74, 6) is -0.556. The molecule has 2 aliphatic rings. The Morgan fingerprint density at radius 3 is 2.32 bits per heavy atom. The molecule has 2 rings (SSSR count). The number of piperazine rings is 1. The molecule has 0 radical (unpaired) electrons. The average molecular weight is 410 g/mol. The number of hydrogen-bond donors (Lipinski definition) is 2. The zero-order chi connectivity index (χ0) is 20.7. The molecule has 1 unspecified atom stereocenters. The molecule has 1 amide bonds. The molecule has 6 nitrogen and oxygen atoms in total. The first-order valence-corrected chi connectivity index (χ1v) is 10.8. The van der Waals surface area contributed by atoms with Crippen molar-refractivity contribution < 1.29 is 4.79 Å². The second kappa shape index (κ2) is 10.9. The highest BCUT2D eigenvalue weighted by atomic mass is 35.5. The fourth-order valence-corrected chi connectivity index (χ4v) is 4.50. The number of likely N-dealkylation sites (tertiary alicyclic amines) is 1. The van der Waals surface area contributed by atoms with Gasteiger partial charge >= 0.3 is 0 Å². The molecule has 0 aromatic rings. The van der Waals surface area contributed by atoms with Crippen molar-refractivity contribution in [1.29, 1.82) is 0 Å². The SMILES string of the molecule is C\C=C(Cl)/C(=C\C(N)=C\C(N)=O)N1CCN(C2CCN(CC)CC2)C(CC)C1. The Morgan fingerprint density at radius 2 is 1.79 bits per heavy atom. The summed E-state index contributed by atoms with van der Waals surface area (Å²) in [5, 5.41) is 0.639. The zero-order valence-electron chi connectivity index (χ0n) is 17.5. The Labute approximate surface area is 174 Å². The molecule has 1 atom stereocenters. The largest absolute Gasteiger partial charge is 0.399 e. The van der Waals surface area contributed by atoms with Gasteiger partial charge in [0, 0.05) is 43.5 Å². The van der Waals surface area contributed by atoms with Gasteiger partial charge in [0.05, 0.1) is 10.7 Å². The Hall–Kier alpha value is -1.50. The number of carbonyl (C=O) groups excluding carboxylic acids is 1. The summed E-state index contributed by atoms with van der Waals surface area (Å²) < 4.78 is 0. The molecule has 0 spiro atoms. The minimum Gasteiger partial charge on any atom is -0.399 e. The zero-order valence-corrected chi connectivity index (χ0v) is 18.3. The van der Waals surface area contributed by atoms with Crippen LogP contribution in [0.3, 0.4) is 0 Å². The van der Waals surface area contributed by atoms with Crippen LogP contribution in [0.15, 0.2) is 34.7 Å². The van der Waals surface area contributed by atoms with Gasteiger partial charge < -0.3 is 21.3 Å². The van der Waals surface area contributed by atoms with Gasteiger partial charge in [-0.05, 0) is 51.9 Å². The summed E-state index contributed by atoms with van der Waals surface area (Å²) >= 11 is 6.49. The van der Waals surface area contributed by atoms with Gasteiger partial charge in [0.15, 0.2) is 0 Å². The number of carbonyl (C=O) groups is 1. The van der Waals surface area contributed by atoms with E-state index >= 15 is 0 Å². The maximum absolute atomic E-state index is 11.1. The van der Waals surface area contributed by atoms with Gasteiger partial charge in [0.1, 0.15) is 0 Å². The number of allylic oxidation sites excluding steroid dienone is 3. The van der Waals surface area contributed by atoms with Crippen LogP contribution in [0.5, 0.6) is 0 Å². The highest BCUT2D eigenvalue weighted by Crippen LogP contribution is 2.28. The maximum Gasteiger partial charge on any atom is 0.243 e. The van der Waals surface area contributed by atoms with E-state index in [-0.39, 0.29) is 0 Å². The van der Waals surface area contributed by atoms with Gasteiger partial charge in [-0.1, -0.05) is 31.5 Å². The van der Waals surface area contributed by atoms with E-state index in [9.17, 15) is 4.79 Å². The van der Waals surface area contributed by atoms with Crippen LogP contribution in [-0.4, -0.2) is 72.0 Å². The number of piperidine rings is 1. The highest BCUT2D eigenvalue weighted by Gasteiger charge is 2.33. The molecular formula is C21H36ClN5O. The molecular weight excluding hydrogens is 374 g/mol. The van der Waals surface area contributed by atoms with Crippen molar-refractivity contribution in [2.45, 2.75) is 52.1 Å². The number of rotatable bonds is 7. The van der Waals surface area contributed by atoms with Crippen molar-refractivity contribution in [1.82, 2.24) is 14.7 Å². The highest BCUT2D eigenvalue weighted by molar-refractivity contribution is 6.31. The van der Waals surface area contributed by atoms with Gasteiger partial charge in [-0.2, -0.15) is 0 Å². The van der Waals surface area contributed by atoms with E-state index in [0.717, 1.165) is 38.3 Å². The van der Waals surface area contributed by atoms with Gasteiger partial charge in [0.25, 0.3) is 0 Å². The summed E-state index contributed by atoms with van der Waals surface area (Å²) in [4.78, 5) is 18.7. The fraction of sp³-hybridized carbons (Fsp3) is 0.667. The predicted molar refractivity (Wildman–Crippen MR) is 117 cm³/mol. The summed E-state index contributed by atoms with van der Waals surface area (Å²) in [7, 11) is 0. The van der Waals surface area contributed by atoms with E-state index in [4.69, 9.17) is 23.1 Å². The van der Waals surface area contributed by atoms with E-state index in [1.165, 1.54) is 32.0 Å². The molecule has 2 fully saturated rings. The number of hydrogen-bond acceptors (Lipinski definition) is 5. The third kappa shape index (κ3) is 6.00. The molecule has 4 N–H and O–H groups in total. The number of nitrogens with two attached hydrogens (primary N) is 2. The van der Waals surface area contributed by atoms with Crippen molar-refractivity contribution in [2.75, 3.05) is 39.3 Å². The van der Waals surface area contributed by atoms with Crippen molar-refractivity contribution in [3.8, 4) is 0 Å². The molecule has 0 bridgehead atoms. The fourth-order valence-electron chi connectivity index (χ4n) is 4.32. The van der Waals surface area contributed by atoms with Crippen LogP contribution in [-0.2, 0) is 4.79 Å². The average Bonchev–Trinajstić information content (AvgIpc) is 2.70. The Balaban J connectivity index is 2.13. The third-order valence-corrected chi connectivity index (χ3v) is 6.34. The molecule has 0 saturated carbocycles. The number of halogens is 1. The normalized spacial score (nSPS) is 24.6. The summed E-state index contributed by atoms with van der Waals surface area (Å²) in [6.45, 7) is 12.8. The van der Waals surface area contributed by atoms with E-state index in [1.807, 2.05) is 13.0 Å². The Kier molecular flexibility index (Phi) is 8.86. The maximum atomic E-state index is 11.1. The van der Waals surface area contributed by atoms with Gasteiger partial charge in [0.2, 0.25) is 5.91 Å². The molecule has 158 valence electrons. The minimum absolute atomic E-state index is 0.324. The van der Waals surface area contributed by atoms with E-state index in [0.29, 0.717) is 22.8 Å². The quantitative estimate of drug-likeness (QED) is 0.498. The van der Waals surface area contributed by atoms with Crippen LogP contribution in [0.25, 0.3) is 0 Å². The molecule has 0 aliphatic carbocycles. The summed E-state index contributed by atoms with van der Waals surface area (Å²) in [5.41, 5.74) is 12.4. The van der Waals surface area contributed by atoms with Crippen molar-refractivity contribution in [2.24, 2.45) is 11.5 Å². The van der Waals surface area contributed by atoms with Gasteiger partial charge in [-0.3, -0.25) is 9.69 Å². The van der Waals surface area contributed by atoms with Crippen LogP contribution in [0, 0.1) is 0 Å². The van der Waals surface area contributed by atoms with E-state index in [2.05, 4.69) is 28.5 Å². The standard InChI is InChI=1S/C21H36ClN5O/c1-4-17-15-26(20(19(22)5-2)13-16(23)14-21(24)28)11-12-27(17)18-7-9-25(6-3)10-8-18/h5,13-14,17-18H,4,6-12,15,23H2,1-3H3,(H2,24,28)/b16-14-,19-5+,20-13+. The summed E-state index contributed by atoms with van der Waals surface area (Å²) in [6, 6.07) is 1.15. The first-order chi connectivity index (χ1) is 13.4. The minimum atomic E-state index is -0.556. The number of amides is 1. The van der Waals surface area contributed by atoms with Crippen LogP contribution in [0.1, 0.15) is 40.0 Å². The van der Waals surface area contributed by atoms with E-state index in [1.54, 1.807) is 6.08 Å². The lowest BCUT2D eigenvalue weighted by molar-refractivity contribution is -0.113. The van der Waals surface area contributed by atoms with Crippen molar-refractivity contribution in [3.05, 3.63) is 34.7 Å². The lowest BCUT2D eigenvalue weighted by atomic mass is 9.98. The van der Waals surface area contributed by atoms with Gasteiger partial charge in [-0.15, -0.1) is 0 Å². The second-order valence-corrected chi connectivity index (χ2v) is 8.03. The van der Waals surface area contributed by atoms with Crippen molar-refractivity contribution in [3.63, 3.8) is 0 Å². The first kappa shape index (κ1) is 22.8. The molecule has 7 heteroatoms. The molecule has 0 aromatic carbocycles. The lowest BCUT2D eigenvalue weighted by Crippen LogP contribution is -2.58.